The van der Waals surface area contributed by atoms with Crippen LogP contribution in [0.3, 0.4) is 0 Å². The van der Waals surface area contributed by atoms with Crippen LogP contribution in [0.5, 0.6) is 0 Å². The van der Waals surface area contributed by atoms with E-state index in [9.17, 15) is 9.90 Å². The molecule has 1 aliphatic carbocycles. The molecule has 0 amide bonds. The first-order chi connectivity index (χ1) is 10.7. The molecule has 0 heterocycles. The van der Waals surface area contributed by atoms with Gasteiger partial charge in [-0.15, -0.1) is 18.2 Å². The van der Waals surface area contributed by atoms with Crippen molar-refractivity contribution in [2.24, 2.45) is 17.3 Å². The van der Waals surface area contributed by atoms with Gasteiger partial charge in [0.1, 0.15) is 0 Å². The Morgan fingerprint density at radius 2 is 2.13 bits per heavy atom. The SMILES string of the molecule is C=C[C@]1(C)C(=O)[C@H](C(O)c2ccccc2I)[C@@H](C(=C)C)C[C@H]1Cl. The van der Waals surface area contributed by atoms with Gasteiger partial charge in [0.15, 0.2) is 5.78 Å². The number of allylic oxidation sites excluding steroid dienone is 2. The van der Waals surface area contributed by atoms with E-state index in [0.29, 0.717) is 6.42 Å². The zero-order chi connectivity index (χ0) is 17.4. The third-order valence-corrected chi connectivity index (χ3v) is 6.61. The van der Waals surface area contributed by atoms with Crippen molar-refractivity contribution in [2.45, 2.75) is 31.7 Å². The summed E-state index contributed by atoms with van der Waals surface area (Å²) in [5.74, 6) is -0.746. The zero-order valence-corrected chi connectivity index (χ0v) is 16.3. The number of carbonyl (C=O) groups is 1. The summed E-state index contributed by atoms with van der Waals surface area (Å²) in [6, 6.07) is 7.59. The predicted octanol–water partition coefficient (Wildman–Crippen LogP) is 4.91. The van der Waals surface area contributed by atoms with Crippen molar-refractivity contribution in [3.05, 3.63) is 58.2 Å². The number of rotatable bonds is 4. The van der Waals surface area contributed by atoms with Crippen LogP contribution in [0.15, 0.2) is 49.1 Å². The lowest BCUT2D eigenvalue weighted by Crippen LogP contribution is -2.50. The molecule has 0 bridgehead atoms. The van der Waals surface area contributed by atoms with E-state index in [1.807, 2.05) is 38.1 Å². The number of benzene rings is 1. The summed E-state index contributed by atoms with van der Waals surface area (Å²) in [7, 11) is 0. The van der Waals surface area contributed by atoms with Crippen molar-refractivity contribution in [3.8, 4) is 0 Å². The predicted molar refractivity (Wildman–Crippen MR) is 103 cm³/mol. The molecule has 2 rings (SSSR count). The molecule has 0 aliphatic heterocycles. The van der Waals surface area contributed by atoms with Gasteiger partial charge in [0.25, 0.3) is 0 Å². The summed E-state index contributed by atoms with van der Waals surface area (Å²) in [4.78, 5) is 13.2. The number of alkyl halides is 1. The number of hydrogen-bond acceptors (Lipinski definition) is 2. The maximum absolute atomic E-state index is 13.2. The second kappa shape index (κ2) is 7.08. The average molecular weight is 445 g/mol. The van der Waals surface area contributed by atoms with E-state index in [4.69, 9.17) is 11.6 Å². The quantitative estimate of drug-likeness (QED) is 0.407. The van der Waals surface area contributed by atoms with E-state index in [-0.39, 0.29) is 17.1 Å². The second-order valence-electron chi connectivity index (χ2n) is 6.50. The summed E-state index contributed by atoms with van der Waals surface area (Å²) in [5.41, 5.74) is 0.821. The standard InChI is InChI=1S/C19H22ClIO2/c1-5-19(4)15(20)10-13(11(2)3)16(18(19)23)17(22)12-8-6-7-9-14(12)21/h5-9,13,15-17,22H,1-2,10H2,3-4H3/t13-,15-,16+,17?,19+/m1/s1. The van der Waals surface area contributed by atoms with Gasteiger partial charge in [0.2, 0.25) is 0 Å². The highest BCUT2D eigenvalue weighted by Crippen LogP contribution is 2.49. The molecule has 1 aliphatic rings. The lowest BCUT2D eigenvalue weighted by atomic mass is 9.61. The van der Waals surface area contributed by atoms with E-state index < -0.39 is 17.4 Å². The van der Waals surface area contributed by atoms with Crippen LogP contribution in [0.2, 0.25) is 0 Å². The Morgan fingerprint density at radius 3 is 2.65 bits per heavy atom. The molecule has 5 atom stereocenters. The summed E-state index contributed by atoms with van der Waals surface area (Å²) in [6.07, 6.45) is 1.36. The van der Waals surface area contributed by atoms with Crippen molar-refractivity contribution < 1.29 is 9.90 Å². The highest BCUT2D eigenvalue weighted by molar-refractivity contribution is 14.1. The van der Waals surface area contributed by atoms with Crippen molar-refractivity contribution in [1.82, 2.24) is 0 Å². The second-order valence-corrected chi connectivity index (χ2v) is 8.19. The Bertz CT molecular complexity index is 642. The molecule has 2 nitrogen and oxygen atoms in total. The number of aliphatic hydroxyl groups excluding tert-OH is 1. The molecular formula is C19H22ClIO2. The van der Waals surface area contributed by atoms with Gasteiger partial charge in [-0.1, -0.05) is 36.4 Å². The minimum atomic E-state index is -0.874. The molecular weight excluding hydrogens is 423 g/mol. The van der Waals surface area contributed by atoms with Crippen molar-refractivity contribution in [3.63, 3.8) is 0 Å². The van der Waals surface area contributed by atoms with Crippen LogP contribution in [0.4, 0.5) is 0 Å². The Hall–Kier alpha value is -0.650. The van der Waals surface area contributed by atoms with Crippen molar-refractivity contribution in [1.29, 1.82) is 0 Å². The van der Waals surface area contributed by atoms with Gasteiger partial charge >= 0.3 is 0 Å². The fraction of sp³-hybridized carbons (Fsp3) is 0.421. The maximum Gasteiger partial charge on any atom is 0.150 e. The Morgan fingerprint density at radius 1 is 1.52 bits per heavy atom. The van der Waals surface area contributed by atoms with Crippen molar-refractivity contribution >= 4 is 40.0 Å². The lowest BCUT2D eigenvalue weighted by Gasteiger charge is -2.45. The molecule has 23 heavy (non-hydrogen) atoms. The fourth-order valence-electron chi connectivity index (χ4n) is 3.32. The van der Waals surface area contributed by atoms with Crippen molar-refractivity contribution in [2.75, 3.05) is 0 Å². The van der Waals surface area contributed by atoms with Crippen LogP contribution in [0.25, 0.3) is 0 Å². The van der Waals surface area contributed by atoms with E-state index in [2.05, 4.69) is 35.7 Å². The average Bonchev–Trinajstić information content (AvgIpc) is 2.52. The lowest BCUT2D eigenvalue weighted by molar-refractivity contribution is -0.139. The van der Waals surface area contributed by atoms with Gasteiger partial charge < -0.3 is 5.11 Å². The van der Waals surface area contributed by atoms with Gasteiger partial charge in [0.05, 0.1) is 17.4 Å². The van der Waals surface area contributed by atoms with Gasteiger partial charge in [-0.25, -0.2) is 0 Å². The molecule has 4 heteroatoms. The van der Waals surface area contributed by atoms with E-state index in [1.165, 1.54) is 0 Å². The smallest absolute Gasteiger partial charge is 0.150 e. The molecule has 1 aromatic carbocycles. The summed E-state index contributed by atoms with van der Waals surface area (Å²) in [5, 5.41) is 10.6. The molecule has 1 N–H and O–H groups in total. The van der Waals surface area contributed by atoms with Gasteiger partial charge in [-0.3, -0.25) is 4.79 Å². The number of halogens is 2. The number of aliphatic hydroxyl groups is 1. The molecule has 0 radical (unpaired) electrons. The minimum absolute atomic E-state index is 0.0566. The monoisotopic (exact) mass is 444 g/mol. The third-order valence-electron chi connectivity index (χ3n) is 5.00. The molecule has 1 unspecified atom stereocenters. The van der Waals surface area contributed by atoms with E-state index >= 15 is 0 Å². The van der Waals surface area contributed by atoms with Crippen LogP contribution in [-0.4, -0.2) is 16.3 Å². The first-order valence-electron chi connectivity index (χ1n) is 7.64. The molecule has 1 aromatic rings. The minimum Gasteiger partial charge on any atom is -0.388 e. The number of carbonyl (C=O) groups excluding carboxylic acids is 1. The molecule has 124 valence electrons. The highest BCUT2D eigenvalue weighted by atomic mass is 127. The first-order valence-corrected chi connectivity index (χ1v) is 9.15. The molecule has 0 aromatic heterocycles. The number of Topliss-reactive ketones (excluding diaryl/α,β-unsaturated/α-hetero) is 1. The molecule has 0 spiro atoms. The third kappa shape index (κ3) is 3.28. The fourth-order valence-corrected chi connectivity index (χ4v) is 4.41. The largest absolute Gasteiger partial charge is 0.388 e. The van der Waals surface area contributed by atoms with Crippen LogP contribution in [0, 0.1) is 20.8 Å². The molecule has 1 fully saturated rings. The normalized spacial score (nSPS) is 32.4. The number of ketones is 1. The van der Waals surface area contributed by atoms with Crippen LogP contribution in [0.1, 0.15) is 31.9 Å². The molecule has 1 saturated carbocycles. The molecule has 0 saturated heterocycles. The summed E-state index contributed by atoms with van der Waals surface area (Å²) >= 11 is 8.67. The topological polar surface area (TPSA) is 37.3 Å². The number of hydrogen-bond donors (Lipinski definition) is 1. The highest BCUT2D eigenvalue weighted by Gasteiger charge is 2.52. The van der Waals surface area contributed by atoms with Gasteiger partial charge in [-0.05, 0) is 60.4 Å². The van der Waals surface area contributed by atoms with Gasteiger partial charge in [0, 0.05) is 8.95 Å². The first kappa shape index (κ1) is 18.7. The van der Waals surface area contributed by atoms with Crippen LogP contribution >= 0.6 is 34.2 Å². The maximum atomic E-state index is 13.2. The van der Waals surface area contributed by atoms with E-state index in [1.54, 1.807) is 6.08 Å². The van der Waals surface area contributed by atoms with Crippen LogP contribution in [-0.2, 0) is 4.79 Å². The van der Waals surface area contributed by atoms with Gasteiger partial charge in [-0.2, -0.15) is 0 Å². The van der Waals surface area contributed by atoms with Crippen LogP contribution < -0.4 is 0 Å². The summed E-state index contributed by atoms with van der Waals surface area (Å²) in [6.45, 7) is 11.5. The summed E-state index contributed by atoms with van der Waals surface area (Å²) < 4.78 is 0.944. The Labute approximate surface area is 156 Å². The zero-order valence-electron chi connectivity index (χ0n) is 13.4. The Balaban J connectivity index is 2.50. The Kier molecular flexibility index (Phi) is 5.75. The van der Waals surface area contributed by atoms with E-state index in [0.717, 1.165) is 14.7 Å².